The zero-order chi connectivity index (χ0) is 13.8. The lowest BCUT2D eigenvalue weighted by Crippen LogP contribution is -2.34. The average molecular weight is 261 g/mol. The second-order valence-corrected chi connectivity index (χ2v) is 4.53. The van der Waals surface area contributed by atoms with Gasteiger partial charge in [0, 0.05) is 24.7 Å². The Kier molecular flexibility index (Phi) is 4.06. The van der Waals surface area contributed by atoms with Gasteiger partial charge in [0.05, 0.1) is 17.3 Å². The summed E-state index contributed by atoms with van der Waals surface area (Å²) < 4.78 is 2.08. The summed E-state index contributed by atoms with van der Waals surface area (Å²) >= 11 is 0. The maximum atomic E-state index is 11.7. The number of aryl methyl sites for hydroxylation is 1. The molecule has 1 aromatic heterocycles. The number of carbonyl (C=O) groups is 1. The Morgan fingerprint density at radius 3 is 2.84 bits per heavy atom. The highest BCUT2D eigenvalue weighted by atomic mass is 16.3. The Hall–Kier alpha value is -2.01. The SMILES string of the molecule is CCn1cc(NC(=O)NCC(C)O)c2ccccc21. The van der Waals surface area contributed by atoms with Crippen molar-refractivity contribution >= 4 is 22.6 Å². The number of carbonyl (C=O) groups excluding carboxylic acids is 1. The number of anilines is 1. The van der Waals surface area contributed by atoms with E-state index in [0.29, 0.717) is 0 Å². The zero-order valence-corrected chi connectivity index (χ0v) is 11.2. The number of aliphatic hydroxyl groups excluding tert-OH is 1. The molecule has 0 radical (unpaired) electrons. The van der Waals surface area contributed by atoms with Crippen molar-refractivity contribution in [2.45, 2.75) is 26.5 Å². The van der Waals surface area contributed by atoms with Gasteiger partial charge in [-0.1, -0.05) is 18.2 Å². The van der Waals surface area contributed by atoms with Gasteiger partial charge >= 0.3 is 6.03 Å². The van der Waals surface area contributed by atoms with E-state index in [1.54, 1.807) is 6.92 Å². The highest BCUT2D eigenvalue weighted by Gasteiger charge is 2.10. The Labute approximate surface area is 112 Å². The molecular formula is C14H19N3O2. The van der Waals surface area contributed by atoms with Crippen molar-refractivity contribution in [2.24, 2.45) is 0 Å². The number of amides is 2. The maximum Gasteiger partial charge on any atom is 0.319 e. The molecule has 0 aliphatic carbocycles. The summed E-state index contributed by atoms with van der Waals surface area (Å²) in [6, 6.07) is 7.62. The molecule has 0 saturated heterocycles. The van der Waals surface area contributed by atoms with E-state index in [-0.39, 0.29) is 12.6 Å². The normalized spacial score (nSPS) is 12.4. The minimum atomic E-state index is -0.553. The number of aromatic nitrogens is 1. The molecule has 3 N–H and O–H groups in total. The zero-order valence-electron chi connectivity index (χ0n) is 11.2. The van der Waals surface area contributed by atoms with Crippen LogP contribution in [0.2, 0.25) is 0 Å². The summed E-state index contributed by atoms with van der Waals surface area (Å²) in [5, 5.41) is 15.6. The van der Waals surface area contributed by atoms with E-state index >= 15 is 0 Å². The summed E-state index contributed by atoms with van der Waals surface area (Å²) in [6.45, 7) is 4.77. The predicted octanol–water partition coefficient (Wildman–Crippen LogP) is 2.16. The first-order valence-electron chi connectivity index (χ1n) is 6.42. The highest BCUT2D eigenvalue weighted by Crippen LogP contribution is 2.25. The molecule has 2 rings (SSSR count). The highest BCUT2D eigenvalue weighted by molar-refractivity contribution is 6.01. The second kappa shape index (κ2) is 5.75. The standard InChI is InChI=1S/C14H19N3O2/c1-3-17-9-12(11-6-4-5-7-13(11)17)16-14(19)15-8-10(2)18/h4-7,9-10,18H,3,8H2,1-2H3,(H2,15,16,19). The number of para-hydroxylation sites is 1. The smallest absolute Gasteiger partial charge is 0.319 e. The molecule has 2 aromatic rings. The number of aliphatic hydroxyl groups is 1. The molecule has 0 saturated carbocycles. The second-order valence-electron chi connectivity index (χ2n) is 4.53. The van der Waals surface area contributed by atoms with Gasteiger partial charge in [0.1, 0.15) is 0 Å². The van der Waals surface area contributed by atoms with Crippen LogP contribution in [0.5, 0.6) is 0 Å². The fourth-order valence-corrected chi connectivity index (χ4v) is 2.01. The van der Waals surface area contributed by atoms with Crippen LogP contribution in [-0.2, 0) is 6.54 Å². The molecule has 1 atom stereocenters. The molecular weight excluding hydrogens is 242 g/mol. The van der Waals surface area contributed by atoms with E-state index in [0.717, 1.165) is 23.1 Å². The summed E-state index contributed by atoms with van der Waals surface area (Å²) in [5.41, 5.74) is 1.87. The molecule has 0 spiro atoms. The third kappa shape index (κ3) is 3.06. The lowest BCUT2D eigenvalue weighted by Gasteiger charge is -2.08. The number of urea groups is 1. The lowest BCUT2D eigenvalue weighted by molar-refractivity contribution is 0.190. The van der Waals surface area contributed by atoms with Gasteiger partial charge in [-0.15, -0.1) is 0 Å². The molecule has 102 valence electrons. The van der Waals surface area contributed by atoms with Crippen molar-refractivity contribution in [1.82, 2.24) is 9.88 Å². The molecule has 19 heavy (non-hydrogen) atoms. The first kappa shape index (κ1) is 13.4. The van der Waals surface area contributed by atoms with Gasteiger partial charge in [-0.25, -0.2) is 4.79 Å². The van der Waals surface area contributed by atoms with Gasteiger partial charge in [-0.3, -0.25) is 0 Å². The molecule has 2 amide bonds. The van der Waals surface area contributed by atoms with E-state index in [4.69, 9.17) is 5.11 Å². The summed E-state index contributed by atoms with van der Waals surface area (Å²) in [6.07, 6.45) is 1.37. The molecule has 1 aromatic carbocycles. The van der Waals surface area contributed by atoms with Crippen molar-refractivity contribution in [3.63, 3.8) is 0 Å². The number of benzene rings is 1. The molecule has 0 fully saturated rings. The third-order valence-electron chi connectivity index (χ3n) is 2.94. The van der Waals surface area contributed by atoms with E-state index in [2.05, 4.69) is 22.1 Å². The van der Waals surface area contributed by atoms with Gasteiger partial charge in [-0.05, 0) is 19.9 Å². The van der Waals surface area contributed by atoms with Crippen molar-refractivity contribution in [2.75, 3.05) is 11.9 Å². The average Bonchev–Trinajstić information content (AvgIpc) is 2.75. The number of rotatable bonds is 4. The van der Waals surface area contributed by atoms with Gasteiger partial charge < -0.3 is 20.3 Å². The monoisotopic (exact) mass is 261 g/mol. The van der Waals surface area contributed by atoms with Crippen LogP contribution in [0.15, 0.2) is 30.5 Å². The largest absolute Gasteiger partial charge is 0.392 e. The number of nitrogens with one attached hydrogen (secondary N) is 2. The molecule has 0 bridgehead atoms. The molecule has 1 heterocycles. The fourth-order valence-electron chi connectivity index (χ4n) is 2.01. The van der Waals surface area contributed by atoms with E-state index in [1.807, 2.05) is 30.5 Å². The summed E-state index contributed by atoms with van der Waals surface area (Å²) in [5.74, 6) is 0. The van der Waals surface area contributed by atoms with Gasteiger partial charge in [0.15, 0.2) is 0 Å². The number of hydrogen-bond acceptors (Lipinski definition) is 2. The van der Waals surface area contributed by atoms with Crippen molar-refractivity contribution in [3.05, 3.63) is 30.5 Å². The first-order valence-corrected chi connectivity index (χ1v) is 6.42. The maximum absolute atomic E-state index is 11.7. The van der Waals surface area contributed by atoms with Gasteiger partial charge in [0.2, 0.25) is 0 Å². The van der Waals surface area contributed by atoms with E-state index in [1.165, 1.54) is 0 Å². The Balaban J connectivity index is 2.18. The van der Waals surface area contributed by atoms with Crippen LogP contribution in [0.4, 0.5) is 10.5 Å². The first-order chi connectivity index (χ1) is 9.11. The predicted molar refractivity (Wildman–Crippen MR) is 76.3 cm³/mol. The number of hydrogen-bond donors (Lipinski definition) is 3. The Morgan fingerprint density at radius 1 is 1.42 bits per heavy atom. The van der Waals surface area contributed by atoms with Crippen molar-refractivity contribution in [1.29, 1.82) is 0 Å². The fraction of sp³-hybridized carbons (Fsp3) is 0.357. The number of fused-ring (bicyclic) bond motifs is 1. The van der Waals surface area contributed by atoms with Crippen LogP contribution in [0.25, 0.3) is 10.9 Å². The quantitative estimate of drug-likeness (QED) is 0.789. The molecule has 0 aliphatic rings. The van der Waals surface area contributed by atoms with E-state index in [9.17, 15) is 4.79 Å². The van der Waals surface area contributed by atoms with Crippen LogP contribution in [-0.4, -0.2) is 28.4 Å². The van der Waals surface area contributed by atoms with Crippen molar-refractivity contribution in [3.8, 4) is 0 Å². The number of nitrogens with zero attached hydrogens (tertiary/aromatic N) is 1. The molecule has 5 nitrogen and oxygen atoms in total. The van der Waals surface area contributed by atoms with Crippen LogP contribution < -0.4 is 10.6 Å². The van der Waals surface area contributed by atoms with E-state index < -0.39 is 6.10 Å². The topological polar surface area (TPSA) is 66.3 Å². The third-order valence-corrected chi connectivity index (χ3v) is 2.94. The lowest BCUT2D eigenvalue weighted by atomic mass is 10.2. The Bertz CT molecular complexity index is 575. The van der Waals surface area contributed by atoms with Crippen LogP contribution in [0.3, 0.4) is 0 Å². The summed E-state index contributed by atoms with van der Waals surface area (Å²) in [4.78, 5) is 11.7. The molecule has 0 aliphatic heterocycles. The van der Waals surface area contributed by atoms with Crippen LogP contribution in [0, 0.1) is 0 Å². The molecule has 1 unspecified atom stereocenters. The molecule has 5 heteroatoms. The summed E-state index contributed by atoms with van der Waals surface area (Å²) in [7, 11) is 0. The van der Waals surface area contributed by atoms with Crippen molar-refractivity contribution < 1.29 is 9.90 Å². The minimum absolute atomic E-state index is 0.234. The van der Waals surface area contributed by atoms with Crippen LogP contribution >= 0.6 is 0 Å². The van der Waals surface area contributed by atoms with Gasteiger partial charge in [-0.2, -0.15) is 0 Å². The minimum Gasteiger partial charge on any atom is -0.392 e. The van der Waals surface area contributed by atoms with Gasteiger partial charge in [0.25, 0.3) is 0 Å². The van der Waals surface area contributed by atoms with Crippen LogP contribution in [0.1, 0.15) is 13.8 Å². The Morgan fingerprint density at radius 2 is 2.16 bits per heavy atom.